The first kappa shape index (κ1) is 16.0. The van der Waals surface area contributed by atoms with Crippen LogP contribution in [-0.4, -0.2) is 48.1 Å². The number of ether oxygens (including phenoxy) is 1. The zero-order valence-corrected chi connectivity index (χ0v) is 12.8. The van der Waals surface area contributed by atoms with Gasteiger partial charge in [0.2, 0.25) is 11.8 Å². The SMILES string of the molecule is CCOC(C)CN1C(=O)C(C(C)(C)C)NC(=O)C1C. The summed E-state index contributed by atoms with van der Waals surface area (Å²) >= 11 is 0. The summed E-state index contributed by atoms with van der Waals surface area (Å²) in [6, 6.07) is -0.904. The van der Waals surface area contributed by atoms with E-state index in [1.54, 1.807) is 11.8 Å². The highest BCUT2D eigenvalue weighted by atomic mass is 16.5. The Morgan fingerprint density at radius 1 is 1.37 bits per heavy atom. The number of hydrogen-bond acceptors (Lipinski definition) is 3. The molecule has 0 aliphatic carbocycles. The van der Waals surface area contributed by atoms with Gasteiger partial charge in [0.25, 0.3) is 0 Å². The summed E-state index contributed by atoms with van der Waals surface area (Å²) in [7, 11) is 0. The van der Waals surface area contributed by atoms with Crippen molar-refractivity contribution in [2.24, 2.45) is 5.41 Å². The molecule has 0 aromatic rings. The summed E-state index contributed by atoms with van der Waals surface area (Å²) in [5.41, 5.74) is -0.292. The molecule has 0 saturated carbocycles. The van der Waals surface area contributed by atoms with E-state index in [1.807, 2.05) is 34.6 Å². The fraction of sp³-hybridized carbons (Fsp3) is 0.857. The van der Waals surface area contributed by atoms with E-state index in [2.05, 4.69) is 5.32 Å². The minimum atomic E-state index is -0.468. The third-order valence-electron chi connectivity index (χ3n) is 3.43. The van der Waals surface area contributed by atoms with Crippen molar-refractivity contribution in [3.63, 3.8) is 0 Å². The number of nitrogens with one attached hydrogen (secondary N) is 1. The molecule has 1 heterocycles. The Kier molecular flexibility index (Phi) is 4.96. The number of piperazine rings is 1. The Labute approximate surface area is 115 Å². The highest BCUT2D eigenvalue weighted by Gasteiger charge is 2.43. The monoisotopic (exact) mass is 270 g/mol. The third kappa shape index (κ3) is 3.69. The fourth-order valence-electron chi connectivity index (χ4n) is 2.27. The van der Waals surface area contributed by atoms with E-state index in [0.29, 0.717) is 13.2 Å². The number of carbonyl (C=O) groups excluding carboxylic acids is 2. The Morgan fingerprint density at radius 3 is 2.42 bits per heavy atom. The second kappa shape index (κ2) is 5.90. The van der Waals surface area contributed by atoms with Crippen LogP contribution in [0.15, 0.2) is 0 Å². The van der Waals surface area contributed by atoms with E-state index >= 15 is 0 Å². The van der Waals surface area contributed by atoms with Crippen molar-refractivity contribution in [3.8, 4) is 0 Å². The van der Waals surface area contributed by atoms with Crippen molar-refractivity contribution >= 4 is 11.8 Å². The van der Waals surface area contributed by atoms with Crippen LogP contribution in [-0.2, 0) is 14.3 Å². The largest absolute Gasteiger partial charge is 0.377 e. The smallest absolute Gasteiger partial charge is 0.246 e. The van der Waals surface area contributed by atoms with Crippen molar-refractivity contribution in [2.45, 2.75) is 59.7 Å². The topological polar surface area (TPSA) is 58.6 Å². The van der Waals surface area contributed by atoms with Crippen LogP contribution in [0.3, 0.4) is 0 Å². The van der Waals surface area contributed by atoms with Gasteiger partial charge in [-0.05, 0) is 26.2 Å². The lowest BCUT2D eigenvalue weighted by atomic mass is 9.84. The number of rotatable bonds is 4. The first-order chi connectivity index (χ1) is 8.68. The first-order valence-corrected chi connectivity index (χ1v) is 6.91. The molecule has 110 valence electrons. The summed E-state index contributed by atoms with van der Waals surface area (Å²) in [4.78, 5) is 26.2. The summed E-state index contributed by atoms with van der Waals surface area (Å²) in [5.74, 6) is -0.116. The number of carbonyl (C=O) groups is 2. The number of amides is 2. The van der Waals surface area contributed by atoms with Crippen molar-refractivity contribution in [2.75, 3.05) is 13.2 Å². The van der Waals surface area contributed by atoms with Gasteiger partial charge in [-0.1, -0.05) is 20.8 Å². The highest BCUT2D eigenvalue weighted by Crippen LogP contribution is 2.25. The van der Waals surface area contributed by atoms with E-state index < -0.39 is 12.1 Å². The van der Waals surface area contributed by atoms with Crippen LogP contribution >= 0.6 is 0 Å². The van der Waals surface area contributed by atoms with Crippen LogP contribution in [0, 0.1) is 5.41 Å². The Balaban J connectivity index is 2.87. The fourth-order valence-corrected chi connectivity index (χ4v) is 2.27. The summed E-state index contributed by atoms with van der Waals surface area (Å²) < 4.78 is 5.47. The Morgan fingerprint density at radius 2 is 1.95 bits per heavy atom. The minimum Gasteiger partial charge on any atom is -0.377 e. The molecule has 1 fully saturated rings. The number of nitrogens with zero attached hydrogens (tertiary/aromatic N) is 1. The van der Waals surface area contributed by atoms with Crippen LogP contribution in [0.25, 0.3) is 0 Å². The first-order valence-electron chi connectivity index (χ1n) is 6.91. The van der Waals surface area contributed by atoms with Gasteiger partial charge in [0.05, 0.1) is 6.10 Å². The van der Waals surface area contributed by atoms with Crippen molar-refractivity contribution in [1.82, 2.24) is 10.2 Å². The van der Waals surface area contributed by atoms with Crippen LogP contribution in [0.2, 0.25) is 0 Å². The van der Waals surface area contributed by atoms with E-state index in [4.69, 9.17) is 4.74 Å². The molecular weight excluding hydrogens is 244 g/mol. The molecule has 1 aliphatic rings. The van der Waals surface area contributed by atoms with Gasteiger partial charge >= 0.3 is 0 Å². The van der Waals surface area contributed by atoms with Gasteiger partial charge < -0.3 is 15.0 Å². The van der Waals surface area contributed by atoms with Crippen LogP contribution in [0.5, 0.6) is 0 Å². The lowest BCUT2D eigenvalue weighted by molar-refractivity contribution is -0.153. The van der Waals surface area contributed by atoms with E-state index in [0.717, 1.165) is 0 Å². The van der Waals surface area contributed by atoms with Gasteiger partial charge in [-0.25, -0.2) is 0 Å². The quantitative estimate of drug-likeness (QED) is 0.834. The van der Waals surface area contributed by atoms with Gasteiger partial charge in [-0.15, -0.1) is 0 Å². The maximum atomic E-state index is 12.5. The molecule has 0 radical (unpaired) electrons. The normalized spacial score (nSPS) is 26.3. The number of hydrogen-bond donors (Lipinski definition) is 1. The Hall–Kier alpha value is -1.10. The van der Waals surface area contributed by atoms with Gasteiger partial charge in [-0.2, -0.15) is 0 Å². The van der Waals surface area contributed by atoms with Crippen molar-refractivity contribution in [3.05, 3.63) is 0 Å². The molecule has 5 nitrogen and oxygen atoms in total. The van der Waals surface area contributed by atoms with Crippen LogP contribution in [0.4, 0.5) is 0 Å². The maximum Gasteiger partial charge on any atom is 0.246 e. The van der Waals surface area contributed by atoms with E-state index in [1.165, 1.54) is 0 Å². The lowest BCUT2D eigenvalue weighted by Gasteiger charge is -2.43. The average Bonchev–Trinajstić information content (AvgIpc) is 2.28. The molecule has 2 amide bonds. The second-order valence-corrected chi connectivity index (χ2v) is 6.24. The van der Waals surface area contributed by atoms with E-state index in [9.17, 15) is 9.59 Å². The zero-order valence-electron chi connectivity index (χ0n) is 12.8. The van der Waals surface area contributed by atoms with Crippen LogP contribution < -0.4 is 5.32 Å². The third-order valence-corrected chi connectivity index (χ3v) is 3.43. The van der Waals surface area contributed by atoms with Gasteiger partial charge in [0.1, 0.15) is 12.1 Å². The summed E-state index contributed by atoms with van der Waals surface area (Å²) in [6.45, 7) is 12.5. The molecule has 1 N–H and O–H groups in total. The highest BCUT2D eigenvalue weighted by molar-refractivity contribution is 5.97. The minimum absolute atomic E-state index is 0.0221. The molecule has 3 unspecified atom stereocenters. The van der Waals surface area contributed by atoms with Gasteiger partial charge in [0, 0.05) is 13.2 Å². The molecule has 0 bridgehead atoms. The molecule has 1 saturated heterocycles. The predicted octanol–water partition coefficient (Wildman–Crippen LogP) is 1.17. The molecule has 19 heavy (non-hydrogen) atoms. The van der Waals surface area contributed by atoms with Gasteiger partial charge in [0.15, 0.2) is 0 Å². The molecular formula is C14H26N2O3. The summed E-state index contributed by atoms with van der Waals surface area (Å²) in [6.07, 6.45) is -0.0667. The standard InChI is InChI=1S/C14H26N2O3/c1-7-19-9(2)8-16-10(3)12(17)15-11(13(16)18)14(4,5)6/h9-11H,7-8H2,1-6H3,(H,15,17). The maximum absolute atomic E-state index is 12.5. The Bertz CT molecular complexity index is 349. The molecule has 1 rings (SSSR count). The molecule has 1 aliphatic heterocycles. The summed E-state index contributed by atoms with van der Waals surface area (Å²) in [5, 5.41) is 2.82. The predicted molar refractivity (Wildman–Crippen MR) is 73.6 cm³/mol. The molecule has 0 aromatic heterocycles. The van der Waals surface area contributed by atoms with E-state index in [-0.39, 0.29) is 23.3 Å². The van der Waals surface area contributed by atoms with Crippen molar-refractivity contribution < 1.29 is 14.3 Å². The van der Waals surface area contributed by atoms with Crippen LogP contribution in [0.1, 0.15) is 41.5 Å². The van der Waals surface area contributed by atoms with Crippen molar-refractivity contribution in [1.29, 1.82) is 0 Å². The second-order valence-electron chi connectivity index (χ2n) is 6.24. The average molecular weight is 270 g/mol. The lowest BCUT2D eigenvalue weighted by Crippen LogP contribution is -2.66. The zero-order chi connectivity index (χ0) is 14.8. The molecule has 0 aromatic carbocycles. The molecule has 3 atom stereocenters. The molecule has 0 spiro atoms. The molecule has 5 heteroatoms. The van der Waals surface area contributed by atoms with Gasteiger partial charge in [-0.3, -0.25) is 9.59 Å².